The number of halogens is 1. The van der Waals surface area contributed by atoms with E-state index in [1.165, 1.54) is 0 Å². The minimum absolute atomic E-state index is 0.0106. The maximum atomic E-state index is 10.7. The van der Waals surface area contributed by atoms with Crippen LogP contribution in [0.4, 0.5) is 0 Å². The fourth-order valence-electron chi connectivity index (χ4n) is 0.716. The predicted molar refractivity (Wildman–Crippen MR) is 46.7 cm³/mol. The first-order chi connectivity index (χ1) is 5.68. The lowest BCUT2D eigenvalue weighted by Crippen LogP contribution is -2.33. The third kappa shape index (κ3) is 1.41. The van der Waals surface area contributed by atoms with Crippen molar-refractivity contribution in [1.29, 1.82) is 0 Å². The molecule has 0 fully saturated rings. The Kier molecular flexibility index (Phi) is 2.65. The fraction of sp³-hybridized carbons (Fsp3) is 0.250. The minimum Gasteiger partial charge on any atom is -0.487 e. The summed E-state index contributed by atoms with van der Waals surface area (Å²) in [5.74, 6) is -0.0106. The Labute approximate surface area is 73.9 Å². The zero-order valence-corrected chi connectivity index (χ0v) is 7.06. The summed E-state index contributed by atoms with van der Waals surface area (Å²) in [6.45, 7) is 3.80. The molecule has 4 heteroatoms. The van der Waals surface area contributed by atoms with Crippen LogP contribution in [0.15, 0.2) is 22.2 Å². The van der Waals surface area contributed by atoms with Crippen LogP contribution in [0.1, 0.15) is 6.42 Å². The maximum Gasteiger partial charge on any atom is 0.270 e. The average Bonchev–Trinajstić information content (AvgIpc) is 2.11. The number of hydrogen-bond acceptors (Lipinski definition) is 3. The summed E-state index contributed by atoms with van der Waals surface area (Å²) in [7, 11) is 0. The van der Waals surface area contributed by atoms with Crippen LogP contribution in [-0.2, 0) is 0 Å². The van der Waals surface area contributed by atoms with E-state index in [-0.39, 0.29) is 10.8 Å². The highest BCUT2D eigenvalue weighted by Gasteiger charge is 2.19. The van der Waals surface area contributed by atoms with Gasteiger partial charge in [0.15, 0.2) is 5.75 Å². The molecule has 0 aliphatic carbocycles. The van der Waals surface area contributed by atoms with Crippen LogP contribution in [0, 0.1) is 0 Å². The Morgan fingerprint density at radius 3 is 2.58 bits per heavy atom. The Morgan fingerprint density at radius 2 is 2.08 bits per heavy atom. The Bertz CT molecular complexity index is 360. The van der Waals surface area contributed by atoms with Gasteiger partial charge in [0.25, 0.3) is 10.9 Å². The van der Waals surface area contributed by atoms with Gasteiger partial charge in [0, 0.05) is 0 Å². The van der Waals surface area contributed by atoms with Crippen LogP contribution in [-0.4, -0.2) is 6.61 Å². The molecule has 0 heterocycles. The molecule has 0 bridgehead atoms. The summed E-state index contributed by atoms with van der Waals surface area (Å²) in [5.41, 5.74) is -1.30. The molecule has 3 nitrogen and oxygen atoms in total. The first-order valence-electron chi connectivity index (χ1n) is 3.41. The summed E-state index contributed by atoms with van der Waals surface area (Å²) in [4.78, 5) is 21.3. The van der Waals surface area contributed by atoms with Crippen LogP contribution in [0.5, 0.6) is 5.75 Å². The zero-order chi connectivity index (χ0) is 9.14. The molecule has 1 aromatic rings. The number of rotatable bonds is 4. The van der Waals surface area contributed by atoms with Gasteiger partial charge in [-0.25, -0.2) is 0 Å². The lowest BCUT2D eigenvalue weighted by atomic mass is 10.3. The van der Waals surface area contributed by atoms with Gasteiger partial charge in [-0.2, -0.15) is 0 Å². The van der Waals surface area contributed by atoms with Crippen molar-refractivity contribution < 1.29 is 4.74 Å². The van der Waals surface area contributed by atoms with Gasteiger partial charge in [-0.3, -0.25) is 9.59 Å². The van der Waals surface area contributed by atoms with Gasteiger partial charge in [0.2, 0.25) is 0 Å². The average molecular weight is 187 g/mol. The Balaban J connectivity index is 2.60. The van der Waals surface area contributed by atoms with Gasteiger partial charge in [0.1, 0.15) is 5.02 Å². The largest absolute Gasteiger partial charge is 0.487 e. The second kappa shape index (κ2) is 3.54. The molecule has 0 aromatic heterocycles. The van der Waals surface area contributed by atoms with Crippen LogP contribution >= 0.6 is 11.6 Å². The number of ether oxygens (including phenoxy) is 1. The van der Waals surface area contributed by atoms with E-state index in [2.05, 4.69) is 6.58 Å². The Hall–Kier alpha value is -1.09. The molecule has 0 aliphatic rings. The molecule has 0 atom stereocenters. The molecule has 1 rings (SSSR count). The zero-order valence-electron chi connectivity index (χ0n) is 6.30. The standard InChI is InChI=1S/C8H7ClO3/c1-2-3-4-12-8-5(9)6(10)7(8)11/h2H,1,3-4H2. The third-order valence-corrected chi connectivity index (χ3v) is 1.72. The molecule has 0 unspecified atom stereocenters. The number of hydrogen-bond donors (Lipinski definition) is 0. The van der Waals surface area contributed by atoms with E-state index >= 15 is 0 Å². The van der Waals surface area contributed by atoms with Crippen molar-refractivity contribution in [3.8, 4) is 5.75 Å². The highest BCUT2D eigenvalue weighted by atomic mass is 35.5. The van der Waals surface area contributed by atoms with E-state index in [0.717, 1.165) is 0 Å². The first kappa shape index (κ1) is 9.00. The van der Waals surface area contributed by atoms with Gasteiger partial charge in [-0.15, -0.1) is 6.58 Å². The highest BCUT2D eigenvalue weighted by Crippen LogP contribution is 2.16. The second-order valence-electron chi connectivity index (χ2n) is 2.23. The monoisotopic (exact) mass is 186 g/mol. The van der Waals surface area contributed by atoms with Crippen molar-refractivity contribution in [2.45, 2.75) is 6.42 Å². The molecule has 0 spiro atoms. The summed E-state index contributed by atoms with van der Waals surface area (Å²) >= 11 is 5.40. The van der Waals surface area contributed by atoms with Crippen LogP contribution in [0.3, 0.4) is 0 Å². The topological polar surface area (TPSA) is 43.4 Å². The van der Waals surface area contributed by atoms with E-state index in [1.807, 2.05) is 0 Å². The molecule has 0 N–H and O–H groups in total. The van der Waals surface area contributed by atoms with E-state index in [9.17, 15) is 9.59 Å². The lowest BCUT2D eigenvalue weighted by molar-refractivity contribution is 0.318. The van der Waals surface area contributed by atoms with Crippen molar-refractivity contribution in [2.75, 3.05) is 6.61 Å². The second-order valence-corrected chi connectivity index (χ2v) is 2.61. The first-order valence-corrected chi connectivity index (χ1v) is 3.78. The summed E-state index contributed by atoms with van der Waals surface area (Å²) in [6, 6.07) is 0. The molecular formula is C8H7ClO3. The molecule has 1 aromatic carbocycles. The molecule has 64 valence electrons. The molecular weight excluding hydrogens is 180 g/mol. The van der Waals surface area contributed by atoms with Crippen LogP contribution in [0.25, 0.3) is 0 Å². The minimum atomic E-state index is -0.662. The predicted octanol–water partition coefficient (Wildman–Crippen LogP) is 0.891. The fourth-order valence-corrected chi connectivity index (χ4v) is 0.943. The van der Waals surface area contributed by atoms with E-state index < -0.39 is 10.9 Å². The van der Waals surface area contributed by atoms with Gasteiger partial charge in [-0.05, 0) is 6.42 Å². The van der Waals surface area contributed by atoms with Crippen molar-refractivity contribution in [3.63, 3.8) is 0 Å². The third-order valence-electron chi connectivity index (χ3n) is 1.38. The molecule has 0 radical (unpaired) electrons. The van der Waals surface area contributed by atoms with Gasteiger partial charge >= 0.3 is 0 Å². The summed E-state index contributed by atoms with van der Waals surface area (Å²) in [5, 5.41) is -0.0935. The van der Waals surface area contributed by atoms with Crippen molar-refractivity contribution in [1.82, 2.24) is 0 Å². The summed E-state index contributed by atoms with van der Waals surface area (Å²) < 4.78 is 4.92. The van der Waals surface area contributed by atoms with E-state index in [1.54, 1.807) is 6.08 Å². The van der Waals surface area contributed by atoms with Crippen molar-refractivity contribution in [2.24, 2.45) is 0 Å². The summed E-state index contributed by atoms with van der Waals surface area (Å²) in [6.07, 6.45) is 2.27. The molecule has 12 heavy (non-hydrogen) atoms. The molecule has 0 aliphatic heterocycles. The van der Waals surface area contributed by atoms with E-state index in [0.29, 0.717) is 13.0 Å². The van der Waals surface area contributed by atoms with Crippen LogP contribution < -0.4 is 15.6 Å². The SMILES string of the molecule is C=CCCOc1c(Cl)c(=O)c1=O. The molecule has 0 amide bonds. The van der Waals surface area contributed by atoms with E-state index in [4.69, 9.17) is 16.3 Å². The maximum absolute atomic E-state index is 10.7. The quantitative estimate of drug-likeness (QED) is 0.399. The van der Waals surface area contributed by atoms with Gasteiger partial charge < -0.3 is 4.74 Å². The lowest BCUT2D eigenvalue weighted by Gasteiger charge is -2.05. The van der Waals surface area contributed by atoms with Crippen molar-refractivity contribution >= 4 is 11.6 Å². The molecule has 0 saturated carbocycles. The van der Waals surface area contributed by atoms with Gasteiger partial charge in [-0.1, -0.05) is 17.7 Å². The van der Waals surface area contributed by atoms with Crippen LogP contribution in [0.2, 0.25) is 5.02 Å². The normalized spacial score (nSPS) is 10.1. The highest BCUT2D eigenvalue weighted by molar-refractivity contribution is 6.32. The van der Waals surface area contributed by atoms with Crippen molar-refractivity contribution in [3.05, 3.63) is 38.1 Å². The Morgan fingerprint density at radius 1 is 1.42 bits per heavy atom. The van der Waals surface area contributed by atoms with Gasteiger partial charge in [0.05, 0.1) is 6.61 Å². The smallest absolute Gasteiger partial charge is 0.270 e. The molecule has 0 saturated heterocycles.